The number of hydrogen-bond acceptors (Lipinski definition) is 2. The van der Waals surface area contributed by atoms with E-state index in [9.17, 15) is 9.18 Å². The summed E-state index contributed by atoms with van der Waals surface area (Å²) in [4.78, 5) is 13.1. The highest BCUT2D eigenvalue weighted by atomic mass is 35.5. The van der Waals surface area contributed by atoms with Crippen LogP contribution in [0.5, 0.6) is 0 Å². The predicted molar refractivity (Wildman–Crippen MR) is 64.8 cm³/mol. The monoisotopic (exact) mass is 260 g/mol. The maximum absolute atomic E-state index is 13.0. The lowest BCUT2D eigenvalue weighted by Crippen LogP contribution is -2.36. The molecule has 0 fully saturated rings. The number of nitrogens with one attached hydrogen (secondary N) is 1. The minimum atomic E-state index is -0.477. The fourth-order valence-electron chi connectivity index (χ4n) is 1.31. The summed E-state index contributed by atoms with van der Waals surface area (Å²) in [6, 6.07) is 3.31. The van der Waals surface area contributed by atoms with Gasteiger partial charge in [-0.1, -0.05) is 11.6 Å². The van der Waals surface area contributed by atoms with Gasteiger partial charge in [0.1, 0.15) is 5.82 Å². The fourth-order valence-corrected chi connectivity index (χ4v) is 1.48. The molecule has 2 N–H and O–H groups in total. The molecule has 17 heavy (non-hydrogen) atoms. The smallest absolute Gasteiger partial charge is 0.321 e. The number of carbonyl (C=O) groups is 1. The van der Waals surface area contributed by atoms with Crippen molar-refractivity contribution < 1.29 is 14.3 Å². The van der Waals surface area contributed by atoms with E-state index in [-0.39, 0.29) is 23.9 Å². The molecule has 0 saturated heterocycles. The van der Waals surface area contributed by atoms with E-state index >= 15 is 0 Å². The van der Waals surface area contributed by atoms with Crippen LogP contribution < -0.4 is 5.32 Å². The quantitative estimate of drug-likeness (QED) is 0.873. The SMILES string of the molecule is CCN(CCO)C(=O)Nc1cc(F)ccc1Cl. The van der Waals surface area contributed by atoms with Crippen LogP contribution in [0.25, 0.3) is 0 Å². The van der Waals surface area contributed by atoms with Crippen molar-refractivity contribution in [1.82, 2.24) is 4.90 Å². The third-order valence-corrected chi connectivity index (χ3v) is 2.54. The first-order valence-electron chi connectivity index (χ1n) is 5.20. The Morgan fingerprint density at radius 3 is 2.88 bits per heavy atom. The van der Waals surface area contributed by atoms with Gasteiger partial charge in [-0.15, -0.1) is 0 Å². The number of urea groups is 1. The third-order valence-electron chi connectivity index (χ3n) is 2.21. The molecule has 0 aliphatic heterocycles. The van der Waals surface area contributed by atoms with Crippen LogP contribution in [0.4, 0.5) is 14.9 Å². The summed E-state index contributed by atoms with van der Waals surface area (Å²) in [6.07, 6.45) is 0. The van der Waals surface area contributed by atoms with Gasteiger partial charge in [-0.05, 0) is 25.1 Å². The van der Waals surface area contributed by atoms with E-state index in [0.29, 0.717) is 6.54 Å². The molecule has 0 bridgehead atoms. The minimum absolute atomic E-state index is 0.127. The molecule has 1 aromatic carbocycles. The van der Waals surface area contributed by atoms with E-state index in [2.05, 4.69) is 5.32 Å². The molecule has 0 aromatic heterocycles. The highest BCUT2D eigenvalue weighted by molar-refractivity contribution is 6.33. The minimum Gasteiger partial charge on any atom is -0.395 e. The van der Waals surface area contributed by atoms with Crippen molar-refractivity contribution in [2.75, 3.05) is 25.0 Å². The van der Waals surface area contributed by atoms with Gasteiger partial charge in [-0.3, -0.25) is 0 Å². The molecule has 1 rings (SSSR count). The van der Waals surface area contributed by atoms with E-state index in [0.717, 1.165) is 6.07 Å². The summed E-state index contributed by atoms with van der Waals surface area (Å²) in [5, 5.41) is 11.5. The van der Waals surface area contributed by atoms with E-state index in [1.165, 1.54) is 17.0 Å². The van der Waals surface area contributed by atoms with Gasteiger partial charge in [0.05, 0.1) is 17.3 Å². The van der Waals surface area contributed by atoms with E-state index < -0.39 is 11.8 Å². The molecule has 0 heterocycles. The lowest BCUT2D eigenvalue weighted by molar-refractivity contribution is 0.192. The molecule has 0 aliphatic rings. The second kappa shape index (κ2) is 6.42. The van der Waals surface area contributed by atoms with Gasteiger partial charge in [0.2, 0.25) is 0 Å². The summed E-state index contributed by atoms with van der Waals surface area (Å²) in [7, 11) is 0. The number of carbonyl (C=O) groups excluding carboxylic acids is 1. The van der Waals surface area contributed by atoms with Crippen molar-refractivity contribution in [3.63, 3.8) is 0 Å². The maximum atomic E-state index is 13.0. The Kier molecular flexibility index (Phi) is 5.18. The standard InChI is InChI=1S/C11H14ClFN2O2/c1-2-15(5-6-16)11(17)14-10-7-8(13)3-4-9(10)12/h3-4,7,16H,2,5-6H2,1H3,(H,14,17). The Balaban J connectivity index is 2.76. The summed E-state index contributed by atoms with van der Waals surface area (Å²) in [5.41, 5.74) is 0.216. The molecule has 0 atom stereocenters. The zero-order valence-electron chi connectivity index (χ0n) is 9.41. The predicted octanol–water partition coefficient (Wildman–Crippen LogP) is 2.33. The van der Waals surface area contributed by atoms with E-state index in [1.54, 1.807) is 6.92 Å². The van der Waals surface area contributed by atoms with Gasteiger partial charge < -0.3 is 15.3 Å². The average Bonchev–Trinajstić information content (AvgIpc) is 2.30. The summed E-state index contributed by atoms with van der Waals surface area (Å²) >= 11 is 5.82. The average molecular weight is 261 g/mol. The molecule has 2 amide bonds. The summed E-state index contributed by atoms with van der Waals surface area (Å²) < 4.78 is 13.0. The molecule has 0 spiro atoms. The molecule has 0 unspecified atom stereocenters. The van der Waals surface area contributed by atoms with E-state index in [1.807, 2.05) is 0 Å². The van der Waals surface area contributed by atoms with Crippen LogP contribution in [0, 0.1) is 5.82 Å². The molecule has 0 aliphatic carbocycles. The Morgan fingerprint density at radius 1 is 1.59 bits per heavy atom. The second-order valence-corrected chi connectivity index (χ2v) is 3.76. The number of rotatable bonds is 4. The number of aliphatic hydroxyl groups excluding tert-OH is 1. The Hall–Kier alpha value is -1.33. The first kappa shape index (κ1) is 13.7. The number of anilines is 1. The number of nitrogens with zero attached hydrogens (tertiary/aromatic N) is 1. The summed E-state index contributed by atoms with van der Waals surface area (Å²) in [5.74, 6) is -0.477. The molecular formula is C11H14ClFN2O2. The molecule has 0 radical (unpaired) electrons. The molecule has 94 valence electrons. The van der Waals surface area contributed by atoms with Crippen LogP contribution in [0.2, 0.25) is 5.02 Å². The van der Waals surface area contributed by atoms with Gasteiger partial charge >= 0.3 is 6.03 Å². The number of hydrogen-bond donors (Lipinski definition) is 2. The van der Waals surface area contributed by atoms with Gasteiger partial charge in [-0.25, -0.2) is 9.18 Å². The zero-order valence-corrected chi connectivity index (χ0v) is 10.2. The second-order valence-electron chi connectivity index (χ2n) is 3.36. The van der Waals surface area contributed by atoms with Crippen molar-refractivity contribution in [3.8, 4) is 0 Å². The number of amides is 2. The highest BCUT2D eigenvalue weighted by Crippen LogP contribution is 2.22. The topological polar surface area (TPSA) is 52.6 Å². The van der Waals surface area contributed by atoms with Crippen molar-refractivity contribution in [2.45, 2.75) is 6.92 Å². The number of benzene rings is 1. The van der Waals surface area contributed by atoms with Gasteiger partial charge in [0, 0.05) is 13.1 Å². The van der Waals surface area contributed by atoms with Crippen molar-refractivity contribution >= 4 is 23.3 Å². The Bertz CT molecular complexity index is 401. The maximum Gasteiger partial charge on any atom is 0.321 e. The van der Waals surface area contributed by atoms with Crippen molar-refractivity contribution in [2.24, 2.45) is 0 Å². The van der Waals surface area contributed by atoms with Crippen LogP contribution >= 0.6 is 11.6 Å². The van der Waals surface area contributed by atoms with Crippen LogP contribution in [0.1, 0.15) is 6.92 Å². The summed E-state index contributed by atoms with van der Waals surface area (Å²) in [6.45, 7) is 2.31. The molecule has 6 heteroatoms. The van der Waals surface area contributed by atoms with E-state index in [4.69, 9.17) is 16.7 Å². The first-order chi connectivity index (χ1) is 8.08. The molecular weight excluding hydrogens is 247 g/mol. The van der Waals surface area contributed by atoms with Crippen molar-refractivity contribution in [3.05, 3.63) is 29.0 Å². The number of aliphatic hydroxyl groups is 1. The number of halogens is 2. The van der Waals surface area contributed by atoms with Crippen LogP contribution in [0.15, 0.2) is 18.2 Å². The van der Waals surface area contributed by atoms with Gasteiger partial charge in [0.25, 0.3) is 0 Å². The van der Waals surface area contributed by atoms with Crippen LogP contribution in [-0.2, 0) is 0 Å². The lowest BCUT2D eigenvalue weighted by atomic mass is 10.3. The first-order valence-corrected chi connectivity index (χ1v) is 5.58. The Morgan fingerprint density at radius 2 is 2.29 bits per heavy atom. The van der Waals surface area contributed by atoms with Gasteiger partial charge in [0.15, 0.2) is 0 Å². The third kappa shape index (κ3) is 3.87. The molecule has 1 aromatic rings. The highest BCUT2D eigenvalue weighted by Gasteiger charge is 2.12. The van der Waals surface area contributed by atoms with Gasteiger partial charge in [-0.2, -0.15) is 0 Å². The lowest BCUT2D eigenvalue weighted by Gasteiger charge is -2.20. The molecule has 0 saturated carbocycles. The molecule has 4 nitrogen and oxygen atoms in total. The Labute approximate surface area is 104 Å². The zero-order chi connectivity index (χ0) is 12.8. The normalized spacial score (nSPS) is 10.1. The number of likely N-dealkylation sites (N-methyl/N-ethyl adjacent to an activating group) is 1. The van der Waals surface area contributed by atoms with Crippen molar-refractivity contribution in [1.29, 1.82) is 0 Å². The largest absolute Gasteiger partial charge is 0.395 e. The van der Waals surface area contributed by atoms with Crippen LogP contribution in [-0.4, -0.2) is 35.7 Å². The fraction of sp³-hybridized carbons (Fsp3) is 0.364. The van der Waals surface area contributed by atoms with Crippen LogP contribution in [0.3, 0.4) is 0 Å².